The Kier molecular flexibility index (Phi) is 6.56. The van der Waals surface area contributed by atoms with E-state index in [9.17, 15) is 4.79 Å². The number of hydrogen-bond donors (Lipinski definition) is 0. The molecule has 0 amide bonds. The Morgan fingerprint density at radius 2 is 1.58 bits per heavy atom. The lowest BCUT2D eigenvalue weighted by Gasteiger charge is -2.59. The van der Waals surface area contributed by atoms with E-state index in [0.717, 1.165) is 35.5 Å². The normalized spacial score (nSPS) is 48.0. The van der Waals surface area contributed by atoms with Gasteiger partial charge in [-0.2, -0.15) is 0 Å². The van der Waals surface area contributed by atoms with Gasteiger partial charge < -0.3 is 0 Å². The second kappa shape index (κ2) is 8.36. The first kappa shape index (κ1) is 20.4. The van der Waals surface area contributed by atoms with Crippen LogP contribution < -0.4 is 0 Å². The molecule has 0 heterocycles. The molecule has 26 heavy (non-hydrogen) atoms. The topological polar surface area (TPSA) is 17.1 Å². The van der Waals surface area contributed by atoms with Crippen molar-refractivity contribution in [2.24, 2.45) is 46.8 Å². The largest absolute Gasteiger partial charge is 0.300 e. The molecule has 0 aliphatic heterocycles. The van der Waals surface area contributed by atoms with Crippen molar-refractivity contribution in [2.75, 3.05) is 0 Å². The summed E-state index contributed by atoms with van der Waals surface area (Å²) in [4.78, 5) is 12.2. The predicted molar refractivity (Wildman–Crippen MR) is 111 cm³/mol. The lowest BCUT2D eigenvalue weighted by atomic mass is 9.46. The van der Waals surface area contributed by atoms with Crippen molar-refractivity contribution in [1.29, 1.82) is 0 Å². The van der Waals surface area contributed by atoms with Crippen molar-refractivity contribution < 1.29 is 4.79 Å². The molecule has 0 aromatic carbocycles. The van der Waals surface area contributed by atoms with Crippen molar-refractivity contribution in [3.8, 4) is 0 Å². The molecule has 0 spiro atoms. The zero-order chi connectivity index (χ0) is 18.9. The van der Waals surface area contributed by atoms with Gasteiger partial charge in [0, 0.05) is 5.92 Å². The van der Waals surface area contributed by atoms with Crippen LogP contribution in [0.5, 0.6) is 0 Å². The molecule has 8 atom stereocenters. The van der Waals surface area contributed by atoms with Gasteiger partial charge in [-0.05, 0) is 99.2 Å². The van der Waals surface area contributed by atoms with Crippen LogP contribution in [-0.2, 0) is 4.79 Å². The smallest absolute Gasteiger partial charge is 0.133 e. The third-order valence-electron chi connectivity index (χ3n) is 9.25. The van der Waals surface area contributed by atoms with E-state index in [1.165, 1.54) is 70.6 Å². The highest BCUT2D eigenvalue weighted by Crippen LogP contribution is 2.63. The van der Waals surface area contributed by atoms with Crippen molar-refractivity contribution in [1.82, 2.24) is 0 Å². The SMILES string of the molecule is CC.CC(=O)C1CCCC2C1CCC1C2CCC2CC(C)CCCC21C. The molecule has 4 aliphatic carbocycles. The van der Waals surface area contributed by atoms with Crippen molar-refractivity contribution in [2.45, 2.75) is 105 Å². The Morgan fingerprint density at radius 3 is 2.31 bits per heavy atom. The number of fused-ring (bicyclic) bond motifs is 5. The third kappa shape index (κ3) is 3.53. The molecule has 1 heteroatoms. The number of ketones is 1. The highest BCUT2D eigenvalue weighted by Gasteiger charge is 2.54. The van der Waals surface area contributed by atoms with Gasteiger partial charge in [0.25, 0.3) is 0 Å². The Balaban J connectivity index is 0.000000948. The van der Waals surface area contributed by atoms with E-state index in [1.54, 1.807) is 0 Å². The summed E-state index contributed by atoms with van der Waals surface area (Å²) in [5.41, 5.74) is 0.613. The van der Waals surface area contributed by atoms with Crippen molar-refractivity contribution >= 4 is 5.78 Å². The molecule has 4 aliphatic rings. The van der Waals surface area contributed by atoms with Crippen molar-refractivity contribution in [3.05, 3.63) is 0 Å². The van der Waals surface area contributed by atoms with Crippen LogP contribution in [0.1, 0.15) is 105 Å². The van der Waals surface area contributed by atoms with Gasteiger partial charge in [0.1, 0.15) is 5.78 Å². The van der Waals surface area contributed by atoms with Crippen LogP contribution in [0.25, 0.3) is 0 Å². The summed E-state index contributed by atoms with van der Waals surface area (Å²) < 4.78 is 0. The van der Waals surface area contributed by atoms with Gasteiger partial charge >= 0.3 is 0 Å². The average molecular weight is 361 g/mol. The van der Waals surface area contributed by atoms with Crippen LogP contribution in [0.3, 0.4) is 0 Å². The van der Waals surface area contributed by atoms with Crippen LogP contribution >= 0.6 is 0 Å². The van der Waals surface area contributed by atoms with E-state index >= 15 is 0 Å². The molecule has 0 radical (unpaired) electrons. The zero-order valence-electron chi connectivity index (χ0n) is 18.2. The fraction of sp³-hybridized carbons (Fsp3) is 0.960. The fourth-order valence-corrected chi connectivity index (χ4v) is 8.11. The average Bonchev–Trinajstić information content (AvgIpc) is 2.80. The van der Waals surface area contributed by atoms with Crippen LogP contribution in [0.15, 0.2) is 0 Å². The van der Waals surface area contributed by atoms with Gasteiger partial charge in [0.15, 0.2) is 0 Å². The van der Waals surface area contributed by atoms with Crippen LogP contribution in [-0.4, -0.2) is 5.78 Å². The van der Waals surface area contributed by atoms with E-state index in [1.807, 2.05) is 20.8 Å². The molecular weight excluding hydrogens is 316 g/mol. The molecule has 4 saturated carbocycles. The molecule has 4 fully saturated rings. The molecular formula is C25H44O. The van der Waals surface area contributed by atoms with E-state index in [2.05, 4.69) is 13.8 Å². The van der Waals surface area contributed by atoms with Crippen LogP contribution in [0, 0.1) is 46.8 Å². The van der Waals surface area contributed by atoms with E-state index < -0.39 is 0 Å². The first-order valence-electron chi connectivity index (χ1n) is 12.0. The molecule has 0 bridgehead atoms. The summed E-state index contributed by atoms with van der Waals surface area (Å²) in [6, 6.07) is 0. The van der Waals surface area contributed by atoms with E-state index in [-0.39, 0.29) is 0 Å². The molecule has 0 saturated heterocycles. The molecule has 1 nitrogen and oxygen atoms in total. The maximum atomic E-state index is 12.2. The minimum Gasteiger partial charge on any atom is -0.300 e. The van der Waals surface area contributed by atoms with Gasteiger partial charge in [-0.15, -0.1) is 0 Å². The second-order valence-electron chi connectivity index (χ2n) is 10.3. The molecule has 0 aromatic heterocycles. The maximum Gasteiger partial charge on any atom is 0.133 e. The number of hydrogen-bond acceptors (Lipinski definition) is 1. The molecule has 150 valence electrons. The standard InChI is InChI=1S/C23H38O.C2H6/c1-15-6-5-13-23(3)17(14-15)9-10-21-19-8-4-7-18(16(2)24)20(19)11-12-22(21)23;1-2/h15,17-22H,4-14H2,1-3H3;1-2H3. The van der Waals surface area contributed by atoms with Gasteiger partial charge in [-0.1, -0.05) is 47.0 Å². The Hall–Kier alpha value is -0.330. The molecule has 0 aromatic rings. The van der Waals surface area contributed by atoms with Crippen LogP contribution in [0.4, 0.5) is 0 Å². The van der Waals surface area contributed by atoms with Gasteiger partial charge in [-0.3, -0.25) is 4.79 Å². The lowest BCUT2D eigenvalue weighted by Crippen LogP contribution is -2.51. The number of Topliss-reactive ketones (excluding diaryl/α,β-unsaturated/α-hetero) is 1. The first-order chi connectivity index (χ1) is 12.5. The lowest BCUT2D eigenvalue weighted by molar-refractivity contribution is -0.132. The number of carbonyl (C=O) groups excluding carboxylic acids is 1. The van der Waals surface area contributed by atoms with Gasteiger partial charge in [0.05, 0.1) is 0 Å². The van der Waals surface area contributed by atoms with E-state index in [4.69, 9.17) is 0 Å². The van der Waals surface area contributed by atoms with Crippen molar-refractivity contribution in [3.63, 3.8) is 0 Å². The van der Waals surface area contributed by atoms with Crippen LogP contribution in [0.2, 0.25) is 0 Å². The van der Waals surface area contributed by atoms with E-state index in [0.29, 0.717) is 17.1 Å². The first-order valence-corrected chi connectivity index (χ1v) is 12.0. The highest BCUT2D eigenvalue weighted by molar-refractivity contribution is 5.78. The summed E-state index contributed by atoms with van der Waals surface area (Å²) in [6.07, 6.45) is 15.6. The molecule has 4 rings (SSSR count). The Morgan fingerprint density at radius 1 is 0.846 bits per heavy atom. The minimum absolute atomic E-state index is 0.407. The molecule has 0 N–H and O–H groups in total. The Bertz CT molecular complexity index is 483. The van der Waals surface area contributed by atoms with Gasteiger partial charge in [-0.25, -0.2) is 0 Å². The monoisotopic (exact) mass is 360 g/mol. The zero-order valence-corrected chi connectivity index (χ0v) is 18.2. The number of carbonyl (C=O) groups is 1. The second-order valence-corrected chi connectivity index (χ2v) is 10.3. The van der Waals surface area contributed by atoms with Gasteiger partial charge in [0.2, 0.25) is 0 Å². The molecule has 8 unspecified atom stereocenters. The third-order valence-corrected chi connectivity index (χ3v) is 9.25. The summed E-state index contributed by atoms with van der Waals surface area (Å²) in [6.45, 7) is 11.0. The quantitative estimate of drug-likeness (QED) is 0.480. The number of rotatable bonds is 1. The summed E-state index contributed by atoms with van der Waals surface area (Å²) >= 11 is 0. The summed E-state index contributed by atoms with van der Waals surface area (Å²) in [5, 5.41) is 0. The maximum absolute atomic E-state index is 12.2. The summed E-state index contributed by atoms with van der Waals surface area (Å²) in [7, 11) is 0. The Labute approximate surface area is 163 Å². The fourth-order valence-electron chi connectivity index (χ4n) is 8.11. The highest BCUT2D eigenvalue weighted by atomic mass is 16.1. The predicted octanol–water partition coefficient (Wildman–Crippen LogP) is 7.29. The minimum atomic E-state index is 0.407. The summed E-state index contributed by atoms with van der Waals surface area (Å²) in [5.74, 6) is 6.36.